The smallest absolute Gasteiger partial charge is 0.121 e. The molecule has 0 aliphatic rings. The maximum Gasteiger partial charge on any atom is 0.121 e. The zero-order chi connectivity index (χ0) is 13.5. The highest BCUT2D eigenvalue weighted by Crippen LogP contribution is 2.17. The molecular weight excluding hydrogens is 278 g/mol. The van der Waals surface area contributed by atoms with Gasteiger partial charge < -0.3 is 10.5 Å². The average Bonchev–Trinajstić information content (AvgIpc) is 2.41. The van der Waals surface area contributed by atoms with Gasteiger partial charge in [-0.15, -0.1) is 0 Å². The maximum absolute atomic E-state index is 5.84. The van der Waals surface area contributed by atoms with Crippen LogP contribution in [0.5, 0.6) is 5.75 Å². The zero-order valence-corrected chi connectivity index (χ0v) is 12.1. The Kier molecular flexibility index (Phi) is 5.43. The first kappa shape index (κ1) is 14.1. The van der Waals surface area contributed by atoms with Gasteiger partial charge in [0.1, 0.15) is 5.75 Å². The number of anilines is 1. The van der Waals surface area contributed by atoms with Crippen molar-refractivity contribution in [3.63, 3.8) is 0 Å². The molecule has 100 valence electrons. The van der Waals surface area contributed by atoms with Gasteiger partial charge in [-0.1, -0.05) is 29.8 Å². The van der Waals surface area contributed by atoms with Crippen LogP contribution in [0.25, 0.3) is 0 Å². The molecule has 0 heterocycles. The number of hydrogen-bond acceptors (Lipinski definition) is 3. The standard InChI is InChI=1S/C15H16ClNOS/c16-13-6-4-12(5-7-13)11-19-9-8-18-15-3-1-2-14(17)10-15/h1-7,10H,8-9,11,17H2. The van der Waals surface area contributed by atoms with Crippen LogP contribution >= 0.6 is 23.4 Å². The van der Waals surface area contributed by atoms with Gasteiger partial charge in [-0.2, -0.15) is 11.8 Å². The monoisotopic (exact) mass is 293 g/mol. The lowest BCUT2D eigenvalue weighted by Crippen LogP contribution is -2.00. The third-order valence-corrected chi connectivity index (χ3v) is 3.78. The highest BCUT2D eigenvalue weighted by Gasteiger charge is 1.96. The topological polar surface area (TPSA) is 35.2 Å². The van der Waals surface area contributed by atoms with E-state index < -0.39 is 0 Å². The van der Waals surface area contributed by atoms with Crippen LogP contribution in [-0.4, -0.2) is 12.4 Å². The molecule has 2 aromatic rings. The van der Waals surface area contributed by atoms with Gasteiger partial charge in [0.15, 0.2) is 0 Å². The molecule has 0 saturated heterocycles. The molecule has 0 amide bonds. The normalized spacial score (nSPS) is 10.4. The largest absolute Gasteiger partial charge is 0.493 e. The molecule has 0 aromatic heterocycles. The van der Waals surface area contributed by atoms with E-state index in [0.29, 0.717) is 6.61 Å². The number of benzene rings is 2. The lowest BCUT2D eigenvalue weighted by Gasteiger charge is -2.06. The van der Waals surface area contributed by atoms with Crippen molar-refractivity contribution < 1.29 is 4.74 Å². The second kappa shape index (κ2) is 7.31. The number of nitrogens with two attached hydrogens (primary N) is 1. The predicted molar refractivity (Wildman–Crippen MR) is 84.0 cm³/mol. The van der Waals surface area contributed by atoms with Crippen molar-refractivity contribution in [1.82, 2.24) is 0 Å². The number of hydrogen-bond donors (Lipinski definition) is 1. The molecule has 0 radical (unpaired) electrons. The molecule has 0 aliphatic heterocycles. The first-order valence-corrected chi connectivity index (χ1v) is 7.58. The van der Waals surface area contributed by atoms with E-state index in [1.807, 2.05) is 60.3 Å². The highest BCUT2D eigenvalue weighted by molar-refractivity contribution is 7.98. The van der Waals surface area contributed by atoms with Crippen LogP contribution in [0, 0.1) is 0 Å². The van der Waals surface area contributed by atoms with Gasteiger partial charge in [0, 0.05) is 28.3 Å². The molecule has 0 fully saturated rings. The lowest BCUT2D eigenvalue weighted by molar-refractivity contribution is 0.344. The third-order valence-electron chi connectivity index (χ3n) is 2.54. The molecule has 19 heavy (non-hydrogen) atoms. The Labute approximate surface area is 122 Å². The molecule has 0 atom stereocenters. The summed E-state index contributed by atoms with van der Waals surface area (Å²) in [5.74, 6) is 2.74. The van der Waals surface area contributed by atoms with Crippen LogP contribution in [0.4, 0.5) is 5.69 Å². The highest BCUT2D eigenvalue weighted by atomic mass is 35.5. The number of thioether (sulfide) groups is 1. The van der Waals surface area contributed by atoms with E-state index in [0.717, 1.165) is 28.0 Å². The second-order valence-electron chi connectivity index (χ2n) is 4.10. The minimum Gasteiger partial charge on any atom is -0.493 e. The molecule has 4 heteroatoms. The van der Waals surface area contributed by atoms with Gasteiger partial charge in [0.05, 0.1) is 6.61 Å². The molecule has 0 unspecified atom stereocenters. The SMILES string of the molecule is Nc1cccc(OCCSCc2ccc(Cl)cc2)c1. The second-order valence-corrected chi connectivity index (χ2v) is 5.64. The number of rotatable bonds is 6. The fourth-order valence-electron chi connectivity index (χ4n) is 1.59. The summed E-state index contributed by atoms with van der Waals surface area (Å²) in [6.07, 6.45) is 0. The molecule has 0 saturated carbocycles. The average molecular weight is 294 g/mol. The summed E-state index contributed by atoms with van der Waals surface area (Å²) >= 11 is 7.68. The number of nitrogen functional groups attached to an aromatic ring is 1. The maximum atomic E-state index is 5.84. The van der Waals surface area contributed by atoms with Crippen LogP contribution < -0.4 is 10.5 Å². The zero-order valence-electron chi connectivity index (χ0n) is 10.5. The Morgan fingerprint density at radius 2 is 1.89 bits per heavy atom. The summed E-state index contributed by atoms with van der Waals surface area (Å²) in [7, 11) is 0. The lowest BCUT2D eigenvalue weighted by atomic mass is 10.2. The molecule has 0 bridgehead atoms. The first-order valence-electron chi connectivity index (χ1n) is 6.04. The van der Waals surface area contributed by atoms with Crippen LogP contribution in [0.3, 0.4) is 0 Å². The Morgan fingerprint density at radius 1 is 1.11 bits per heavy atom. The molecule has 2 N–H and O–H groups in total. The van der Waals surface area contributed by atoms with E-state index in [4.69, 9.17) is 22.1 Å². The molecular formula is C15H16ClNOS. The first-order chi connectivity index (χ1) is 9.24. The Hall–Kier alpha value is -1.32. The van der Waals surface area contributed by atoms with Crippen molar-refractivity contribution in [3.05, 3.63) is 59.1 Å². The van der Waals surface area contributed by atoms with Crippen molar-refractivity contribution in [1.29, 1.82) is 0 Å². The summed E-state index contributed by atoms with van der Waals surface area (Å²) in [6.45, 7) is 0.682. The Balaban J connectivity index is 1.66. The van der Waals surface area contributed by atoms with Crippen molar-refractivity contribution in [2.45, 2.75) is 5.75 Å². The summed E-state index contributed by atoms with van der Waals surface area (Å²) in [6, 6.07) is 15.4. The minimum absolute atomic E-state index is 0.682. The summed E-state index contributed by atoms with van der Waals surface area (Å²) in [5, 5.41) is 0.777. The van der Waals surface area contributed by atoms with Crippen molar-refractivity contribution in [2.75, 3.05) is 18.1 Å². The molecule has 2 nitrogen and oxygen atoms in total. The fraction of sp³-hybridized carbons (Fsp3) is 0.200. The van der Waals surface area contributed by atoms with E-state index in [9.17, 15) is 0 Å². The molecule has 2 rings (SSSR count). The molecule has 0 spiro atoms. The van der Waals surface area contributed by atoms with Gasteiger partial charge in [-0.25, -0.2) is 0 Å². The van der Waals surface area contributed by atoms with E-state index in [1.165, 1.54) is 5.56 Å². The minimum atomic E-state index is 0.682. The summed E-state index contributed by atoms with van der Waals surface area (Å²) in [5.41, 5.74) is 7.69. The van der Waals surface area contributed by atoms with Crippen molar-refractivity contribution in [3.8, 4) is 5.75 Å². The van der Waals surface area contributed by atoms with E-state index in [2.05, 4.69) is 0 Å². The van der Waals surface area contributed by atoms with Gasteiger partial charge in [0.2, 0.25) is 0 Å². The summed E-state index contributed by atoms with van der Waals surface area (Å²) in [4.78, 5) is 0. The van der Waals surface area contributed by atoms with Crippen molar-refractivity contribution in [2.24, 2.45) is 0 Å². The van der Waals surface area contributed by atoms with Gasteiger partial charge in [0.25, 0.3) is 0 Å². The fourth-order valence-corrected chi connectivity index (χ4v) is 2.49. The third kappa shape index (κ3) is 5.05. The number of halogens is 1. The van der Waals surface area contributed by atoms with Crippen molar-refractivity contribution >= 4 is 29.1 Å². The van der Waals surface area contributed by atoms with Gasteiger partial charge in [-0.3, -0.25) is 0 Å². The Morgan fingerprint density at radius 3 is 2.63 bits per heavy atom. The van der Waals surface area contributed by atoms with Crippen LogP contribution in [-0.2, 0) is 5.75 Å². The molecule has 2 aromatic carbocycles. The predicted octanol–water partition coefficient (Wildman–Crippen LogP) is 4.23. The van der Waals surface area contributed by atoms with Gasteiger partial charge in [-0.05, 0) is 29.8 Å². The quantitative estimate of drug-likeness (QED) is 0.639. The summed E-state index contributed by atoms with van der Waals surface area (Å²) < 4.78 is 5.62. The Bertz CT molecular complexity index is 516. The van der Waals surface area contributed by atoms with E-state index in [1.54, 1.807) is 0 Å². The van der Waals surface area contributed by atoms with E-state index in [-0.39, 0.29) is 0 Å². The van der Waals surface area contributed by atoms with Crippen LogP contribution in [0.1, 0.15) is 5.56 Å². The van der Waals surface area contributed by atoms with E-state index >= 15 is 0 Å². The van der Waals surface area contributed by atoms with Crippen LogP contribution in [0.2, 0.25) is 5.02 Å². The molecule has 0 aliphatic carbocycles. The number of ether oxygens (including phenoxy) is 1. The van der Waals surface area contributed by atoms with Crippen LogP contribution in [0.15, 0.2) is 48.5 Å². The van der Waals surface area contributed by atoms with Gasteiger partial charge >= 0.3 is 0 Å².